The number of rotatable bonds is 5. The second kappa shape index (κ2) is 6.43. The van der Waals surface area contributed by atoms with E-state index in [4.69, 9.17) is 10.5 Å². The highest BCUT2D eigenvalue weighted by atomic mass is 14.3. The molecular formula is C10H14N2. The van der Waals surface area contributed by atoms with Gasteiger partial charge in [-0.15, -0.1) is 0 Å². The van der Waals surface area contributed by atoms with E-state index in [0.29, 0.717) is 6.42 Å². The van der Waals surface area contributed by atoms with Crippen LogP contribution in [0.25, 0.3) is 0 Å². The zero-order valence-electron chi connectivity index (χ0n) is 7.51. The summed E-state index contributed by atoms with van der Waals surface area (Å²) in [6, 6.07) is 4.24. The SMILES string of the molecule is C=C(CCCC#N)CC(C)C#N. The van der Waals surface area contributed by atoms with Crippen LogP contribution in [-0.4, -0.2) is 0 Å². The molecule has 0 aliphatic heterocycles. The second-order valence-corrected chi connectivity index (χ2v) is 3.00. The number of hydrogen-bond acceptors (Lipinski definition) is 2. The van der Waals surface area contributed by atoms with Crippen molar-refractivity contribution in [3.05, 3.63) is 12.2 Å². The van der Waals surface area contributed by atoms with E-state index in [0.717, 1.165) is 24.8 Å². The third-order valence-corrected chi connectivity index (χ3v) is 1.63. The van der Waals surface area contributed by atoms with Crippen molar-refractivity contribution in [2.75, 3.05) is 0 Å². The molecule has 0 saturated heterocycles. The maximum absolute atomic E-state index is 8.51. The molecule has 2 heteroatoms. The van der Waals surface area contributed by atoms with Crippen molar-refractivity contribution in [2.24, 2.45) is 5.92 Å². The van der Waals surface area contributed by atoms with Crippen LogP contribution < -0.4 is 0 Å². The van der Waals surface area contributed by atoms with E-state index in [1.54, 1.807) is 0 Å². The average Bonchev–Trinajstić information content (AvgIpc) is 2.05. The number of nitrogens with zero attached hydrogens (tertiary/aromatic N) is 2. The minimum atomic E-state index is 0.0552. The summed E-state index contributed by atoms with van der Waals surface area (Å²) in [5, 5.41) is 16.8. The molecule has 0 spiro atoms. The molecule has 0 aromatic rings. The Labute approximate surface area is 74.1 Å². The average molecular weight is 162 g/mol. The predicted octanol–water partition coefficient (Wildman–Crippen LogP) is 2.79. The summed E-state index contributed by atoms with van der Waals surface area (Å²) in [5.74, 6) is 0.0552. The first kappa shape index (κ1) is 10.7. The van der Waals surface area contributed by atoms with E-state index in [-0.39, 0.29) is 5.92 Å². The van der Waals surface area contributed by atoms with E-state index in [9.17, 15) is 0 Å². The molecular weight excluding hydrogens is 148 g/mol. The van der Waals surface area contributed by atoms with Gasteiger partial charge >= 0.3 is 0 Å². The fourth-order valence-electron chi connectivity index (χ4n) is 0.998. The summed E-state index contributed by atoms with van der Waals surface area (Å²) in [5.41, 5.74) is 1.08. The largest absolute Gasteiger partial charge is 0.198 e. The molecule has 0 aromatic carbocycles. The number of allylic oxidation sites excluding steroid dienone is 1. The minimum absolute atomic E-state index is 0.0552. The molecule has 0 aromatic heterocycles. The molecule has 0 radical (unpaired) electrons. The van der Waals surface area contributed by atoms with Gasteiger partial charge in [-0.25, -0.2) is 0 Å². The Kier molecular flexibility index (Phi) is 5.75. The van der Waals surface area contributed by atoms with Gasteiger partial charge < -0.3 is 0 Å². The van der Waals surface area contributed by atoms with E-state index >= 15 is 0 Å². The Hall–Kier alpha value is -1.28. The van der Waals surface area contributed by atoms with Crippen LogP contribution in [0.3, 0.4) is 0 Å². The molecule has 0 fully saturated rings. The molecule has 0 aliphatic carbocycles. The van der Waals surface area contributed by atoms with E-state index in [2.05, 4.69) is 18.7 Å². The normalized spacial score (nSPS) is 11.2. The van der Waals surface area contributed by atoms with Crippen molar-refractivity contribution in [2.45, 2.75) is 32.6 Å². The van der Waals surface area contributed by atoms with Crippen molar-refractivity contribution >= 4 is 0 Å². The van der Waals surface area contributed by atoms with E-state index < -0.39 is 0 Å². The van der Waals surface area contributed by atoms with Gasteiger partial charge in [0.25, 0.3) is 0 Å². The molecule has 0 saturated carbocycles. The lowest BCUT2D eigenvalue weighted by molar-refractivity contribution is 0.689. The lowest BCUT2D eigenvalue weighted by atomic mass is 10.00. The second-order valence-electron chi connectivity index (χ2n) is 3.00. The van der Waals surface area contributed by atoms with Crippen molar-refractivity contribution in [1.29, 1.82) is 10.5 Å². The summed E-state index contributed by atoms with van der Waals surface area (Å²) >= 11 is 0. The van der Waals surface area contributed by atoms with Crippen LogP contribution in [0.2, 0.25) is 0 Å². The number of hydrogen-bond donors (Lipinski definition) is 0. The van der Waals surface area contributed by atoms with Gasteiger partial charge in [0.2, 0.25) is 0 Å². The molecule has 0 heterocycles. The summed E-state index contributed by atoms with van der Waals surface area (Å²) in [6.45, 7) is 5.74. The zero-order chi connectivity index (χ0) is 9.40. The van der Waals surface area contributed by atoms with Gasteiger partial charge in [-0.3, -0.25) is 0 Å². The molecule has 12 heavy (non-hydrogen) atoms. The van der Waals surface area contributed by atoms with Crippen LogP contribution in [0.5, 0.6) is 0 Å². The fourth-order valence-corrected chi connectivity index (χ4v) is 0.998. The van der Waals surface area contributed by atoms with Gasteiger partial charge in [-0.2, -0.15) is 10.5 Å². The van der Waals surface area contributed by atoms with Crippen LogP contribution in [0.4, 0.5) is 0 Å². The highest BCUT2D eigenvalue weighted by Crippen LogP contribution is 2.14. The molecule has 64 valence electrons. The molecule has 0 N–H and O–H groups in total. The molecule has 0 bridgehead atoms. The van der Waals surface area contributed by atoms with Gasteiger partial charge in [-0.05, 0) is 26.2 Å². The standard InChI is InChI=1S/C10H14N2/c1-9(5-3-4-6-11)7-10(2)8-12/h10H,1,3-5,7H2,2H3. The molecule has 0 rings (SSSR count). The minimum Gasteiger partial charge on any atom is -0.198 e. The van der Waals surface area contributed by atoms with Crippen molar-refractivity contribution in [3.8, 4) is 12.1 Å². The molecule has 2 nitrogen and oxygen atoms in total. The van der Waals surface area contributed by atoms with E-state index in [1.807, 2.05) is 6.92 Å². The van der Waals surface area contributed by atoms with Crippen LogP contribution in [-0.2, 0) is 0 Å². The molecule has 1 unspecified atom stereocenters. The summed E-state index contributed by atoms with van der Waals surface area (Å²) in [7, 11) is 0. The lowest BCUT2D eigenvalue weighted by Crippen LogP contribution is -1.92. The third kappa shape index (κ3) is 5.50. The van der Waals surface area contributed by atoms with Crippen molar-refractivity contribution in [1.82, 2.24) is 0 Å². The summed E-state index contributed by atoms with van der Waals surface area (Å²) in [4.78, 5) is 0. The Morgan fingerprint density at radius 3 is 2.67 bits per heavy atom. The Balaban J connectivity index is 3.49. The number of unbranched alkanes of at least 4 members (excludes halogenated alkanes) is 1. The molecule has 1 atom stereocenters. The highest BCUT2D eigenvalue weighted by molar-refractivity contribution is 4.99. The summed E-state index contributed by atoms with van der Waals surface area (Å²) in [6.07, 6.45) is 3.09. The van der Waals surface area contributed by atoms with Crippen LogP contribution in [0.1, 0.15) is 32.6 Å². The number of nitriles is 2. The quantitative estimate of drug-likeness (QED) is 0.461. The first-order chi connectivity index (χ1) is 5.70. The fraction of sp³-hybridized carbons (Fsp3) is 0.600. The maximum atomic E-state index is 8.51. The van der Waals surface area contributed by atoms with Gasteiger partial charge in [-0.1, -0.05) is 12.2 Å². The predicted molar refractivity (Wildman–Crippen MR) is 48.0 cm³/mol. The Bertz CT molecular complexity index is 217. The molecule has 0 amide bonds. The van der Waals surface area contributed by atoms with Crippen molar-refractivity contribution in [3.63, 3.8) is 0 Å². The maximum Gasteiger partial charge on any atom is 0.0656 e. The third-order valence-electron chi connectivity index (χ3n) is 1.63. The molecule has 0 aliphatic rings. The summed E-state index contributed by atoms with van der Waals surface area (Å²) < 4.78 is 0. The van der Waals surface area contributed by atoms with Gasteiger partial charge in [0.1, 0.15) is 0 Å². The first-order valence-corrected chi connectivity index (χ1v) is 4.14. The van der Waals surface area contributed by atoms with Gasteiger partial charge in [0, 0.05) is 12.3 Å². The van der Waals surface area contributed by atoms with E-state index in [1.165, 1.54) is 0 Å². The van der Waals surface area contributed by atoms with Crippen molar-refractivity contribution < 1.29 is 0 Å². The van der Waals surface area contributed by atoms with Gasteiger partial charge in [0.05, 0.1) is 12.1 Å². The Morgan fingerprint density at radius 1 is 1.50 bits per heavy atom. The topological polar surface area (TPSA) is 47.6 Å². The van der Waals surface area contributed by atoms with Crippen LogP contribution >= 0.6 is 0 Å². The smallest absolute Gasteiger partial charge is 0.0656 e. The van der Waals surface area contributed by atoms with Crippen LogP contribution in [0.15, 0.2) is 12.2 Å². The first-order valence-electron chi connectivity index (χ1n) is 4.14. The Morgan fingerprint density at radius 2 is 2.17 bits per heavy atom. The van der Waals surface area contributed by atoms with Crippen LogP contribution in [0, 0.1) is 28.6 Å². The van der Waals surface area contributed by atoms with Gasteiger partial charge in [0.15, 0.2) is 0 Å². The zero-order valence-corrected chi connectivity index (χ0v) is 7.51. The monoisotopic (exact) mass is 162 g/mol. The lowest BCUT2D eigenvalue weighted by Gasteiger charge is -2.04. The highest BCUT2D eigenvalue weighted by Gasteiger charge is 2.01.